The highest BCUT2D eigenvalue weighted by atomic mass is 35.5. The molecule has 1 unspecified atom stereocenters. The minimum absolute atomic E-state index is 0.00352. The van der Waals surface area contributed by atoms with Crippen LogP contribution in [0.15, 0.2) is 23.8 Å². The largest absolute Gasteiger partial charge is 0.365 e. The Hall–Kier alpha value is -0.410. The lowest BCUT2D eigenvalue weighted by molar-refractivity contribution is 0.764. The van der Waals surface area contributed by atoms with Crippen LogP contribution in [0.1, 0.15) is 12.5 Å². The highest BCUT2D eigenvalue weighted by Gasteiger charge is 2.22. The van der Waals surface area contributed by atoms with Crippen molar-refractivity contribution in [1.82, 2.24) is 4.84 Å². The van der Waals surface area contributed by atoms with Crippen molar-refractivity contribution < 1.29 is 0 Å². The molecule has 0 amide bonds. The Morgan fingerprint density at radius 2 is 2.19 bits per heavy atom. The first-order valence-corrected chi connectivity index (χ1v) is 6.09. The summed E-state index contributed by atoms with van der Waals surface area (Å²) in [6.45, 7) is 1.95. The third kappa shape index (κ3) is 2.30. The van der Waals surface area contributed by atoms with Gasteiger partial charge in [-0.15, -0.1) is 0 Å². The summed E-state index contributed by atoms with van der Waals surface area (Å²) in [7, 11) is 0. The first kappa shape index (κ1) is 12.1. The summed E-state index contributed by atoms with van der Waals surface area (Å²) in [5, 5.41) is 3.90. The Morgan fingerprint density at radius 3 is 2.88 bits per heavy atom. The zero-order valence-corrected chi connectivity index (χ0v) is 10.9. The Kier molecular flexibility index (Phi) is 3.65. The van der Waals surface area contributed by atoms with Crippen molar-refractivity contribution in [2.75, 3.05) is 5.32 Å². The van der Waals surface area contributed by atoms with Crippen molar-refractivity contribution >= 4 is 46.7 Å². The summed E-state index contributed by atoms with van der Waals surface area (Å²) in [6, 6.07) is 5.65. The van der Waals surface area contributed by atoms with Gasteiger partial charge in [0.25, 0.3) is 0 Å². The summed E-state index contributed by atoms with van der Waals surface area (Å²) in [4.78, 5) is 2.66. The molecule has 0 fully saturated rings. The maximum absolute atomic E-state index is 6.21. The molecule has 1 aromatic rings. The third-order valence-electron chi connectivity index (χ3n) is 2.57. The zero-order chi connectivity index (χ0) is 11.7. The predicted octanol–water partition coefficient (Wildman–Crippen LogP) is 3.85. The molecule has 0 saturated carbocycles. The number of hydrogen-bond acceptors (Lipinski definition) is 2. The Morgan fingerprint density at radius 1 is 1.44 bits per heavy atom. The number of benzene rings is 1. The summed E-state index contributed by atoms with van der Waals surface area (Å²) in [5.74, 6) is 0. The predicted molar refractivity (Wildman–Crippen MR) is 71.1 cm³/mol. The summed E-state index contributed by atoms with van der Waals surface area (Å²) < 4.78 is 0. The van der Waals surface area contributed by atoms with Crippen LogP contribution in [-0.4, -0.2) is 11.5 Å². The van der Waals surface area contributed by atoms with Gasteiger partial charge in [0, 0.05) is 16.8 Å². The normalized spacial score (nSPS) is 20.8. The van der Waals surface area contributed by atoms with Crippen LogP contribution in [0.4, 0.5) is 5.69 Å². The highest BCUT2D eigenvalue weighted by molar-refractivity contribution is 6.31. The lowest BCUT2D eigenvalue weighted by Gasteiger charge is -2.27. The molecule has 0 aliphatic carbocycles. The van der Waals surface area contributed by atoms with Crippen molar-refractivity contribution in [3.05, 3.63) is 34.4 Å². The van der Waals surface area contributed by atoms with Crippen LogP contribution in [0.25, 0.3) is 6.08 Å². The molecule has 1 aliphatic heterocycles. The second kappa shape index (κ2) is 4.84. The molecule has 0 saturated heterocycles. The van der Waals surface area contributed by atoms with E-state index >= 15 is 0 Å². The maximum atomic E-state index is 6.21. The van der Waals surface area contributed by atoms with E-state index in [9.17, 15) is 0 Å². The van der Waals surface area contributed by atoms with Crippen LogP contribution in [0, 0.1) is 0 Å². The molecular formula is C11H11Cl3N2. The minimum Gasteiger partial charge on any atom is -0.365 e. The van der Waals surface area contributed by atoms with E-state index in [4.69, 9.17) is 35.0 Å². The number of hydrogen-bond donors (Lipinski definition) is 2. The maximum Gasteiger partial charge on any atom is 0.125 e. The molecule has 0 bridgehead atoms. The topological polar surface area (TPSA) is 24.1 Å². The molecule has 1 aromatic carbocycles. The first-order chi connectivity index (χ1) is 7.61. The Balaban J connectivity index is 2.42. The van der Waals surface area contributed by atoms with E-state index in [1.54, 1.807) is 0 Å². The summed E-state index contributed by atoms with van der Waals surface area (Å²) in [5.41, 5.74) is 2.74. The van der Waals surface area contributed by atoms with E-state index in [1.165, 1.54) is 0 Å². The zero-order valence-electron chi connectivity index (χ0n) is 8.60. The molecule has 0 aromatic heterocycles. The van der Waals surface area contributed by atoms with Gasteiger partial charge in [-0.25, -0.2) is 4.84 Å². The van der Waals surface area contributed by atoms with Gasteiger partial charge < -0.3 is 5.32 Å². The van der Waals surface area contributed by atoms with Crippen molar-refractivity contribution in [3.8, 4) is 0 Å². The van der Waals surface area contributed by atoms with Gasteiger partial charge in [-0.2, -0.15) is 0 Å². The van der Waals surface area contributed by atoms with Crippen LogP contribution >= 0.6 is 35.0 Å². The second-order valence-electron chi connectivity index (χ2n) is 3.71. The SMILES string of the molecule is C[C@H](NCl)C1=Cc2cc(Cl)ccc2NC1Cl. The Bertz CT molecular complexity index is 431. The third-order valence-corrected chi connectivity index (χ3v) is 3.50. The average molecular weight is 278 g/mol. The van der Waals surface area contributed by atoms with E-state index in [0.29, 0.717) is 5.02 Å². The number of anilines is 1. The van der Waals surface area contributed by atoms with Crippen molar-refractivity contribution in [2.24, 2.45) is 0 Å². The molecule has 2 atom stereocenters. The van der Waals surface area contributed by atoms with Crippen LogP contribution < -0.4 is 10.2 Å². The number of rotatable bonds is 2. The van der Waals surface area contributed by atoms with Gasteiger partial charge in [-0.1, -0.05) is 23.2 Å². The molecule has 2 nitrogen and oxygen atoms in total. The smallest absolute Gasteiger partial charge is 0.125 e. The molecule has 86 valence electrons. The lowest BCUT2D eigenvalue weighted by atomic mass is 10.0. The van der Waals surface area contributed by atoms with Crippen molar-refractivity contribution in [3.63, 3.8) is 0 Å². The summed E-state index contributed by atoms with van der Waals surface area (Å²) >= 11 is 17.8. The fourth-order valence-electron chi connectivity index (χ4n) is 1.66. The standard InChI is InChI=1S/C11H11Cl3N2/c1-6(16-14)9-5-7-4-8(12)2-3-10(7)15-11(9)13/h2-6,11,15-16H,1H3/t6-,11?/m0/s1. The van der Waals surface area contributed by atoms with E-state index in [-0.39, 0.29) is 11.5 Å². The molecule has 0 spiro atoms. The van der Waals surface area contributed by atoms with Gasteiger partial charge in [0.2, 0.25) is 0 Å². The van der Waals surface area contributed by atoms with Gasteiger partial charge in [0.1, 0.15) is 5.50 Å². The molecule has 5 heteroatoms. The molecule has 1 heterocycles. The van der Waals surface area contributed by atoms with E-state index in [1.807, 2.05) is 31.2 Å². The van der Waals surface area contributed by atoms with E-state index in [2.05, 4.69) is 10.2 Å². The molecular weight excluding hydrogens is 266 g/mol. The molecule has 1 aliphatic rings. The first-order valence-electron chi connectivity index (χ1n) is 4.89. The van der Waals surface area contributed by atoms with Gasteiger partial charge >= 0.3 is 0 Å². The number of halogens is 3. The fraction of sp³-hybridized carbons (Fsp3) is 0.273. The molecule has 2 N–H and O–H groups in total. The van der Waals surface area contributed by atoms with Crippen LogP contribution in [0.3, 0.4) is 0 Å². The molecule has 2 rings (SSSR count). The molecule has 16 heavy (non-hydrogen) atoms. The number of nitrogens with one attached hydrogen (secondary N) is 2. The lowest BCUT2D eigenvalue weighted by Crippen LogP contribution is -2.30. The fourth-order valence-corrected chi connectivity index (χ4v) is 2.34. The average Bonchev–Trinajstić information content (AvgIpc) is 2.28. The molecule has 0 radical (unpaired) electrons. The number of fused-ring (bicyclic) bond motifs is 1. The van der Waals surface area contributed by atoms with Crippen molar-refractivity contribution in [2.45, 2.75) is 18.5 Å². The van der Waals surface area contributed by atoms with E-state index < -0.39 is 0 Å². The van der Waals surface area contributed by atoms with Crippen LogP contribution in [-0.2, 0) is 0 Å². The van der Waals surface area contributed by atoms with Crippen molar-refractivity contribution in [1.29, 1.82) is 0 Å². The monoisotopic (exact) mass is 276 g/mol. The van der Waals surface area contributed by atoms with E-state index in [0.717, 1.165) is 16.8 Å². The van der Waals surface area contributed by atoms with Gasteiger partial charge in [0.05, 0.1) is 0 Å². The van der Waals surface area contributed by atoms with Crippen LogP contribution in [0.2, 0.25) is 5.02 Å². The number of alkyl halides is 1. The van der Waals surface area contributed by atoms with Crippen LogP contribution in [0.5, 0.6) is 0 Å². The summed E-state index contributed by atoms with van der Waals surface area (Å²) in [6.07, 6.45) is 2.01. The van der Waals surface area contributed by atoms with Gasteiger partial charge in [0.15, 0.2) is 0 Å². The van der Waals surface area contributed by atoms with Gasteiger partial charge in [-0.3, -0.25) is 0 Å². The minimum atomic E-state index is -0.255. The highest BCUT2D eigenvalue weighted by Crippen LogP contribution is 2.32. The second-order valence-corrected chi connectivity index (χ2v) is 4.80. The van der Waals surface area contributed by atoms with Gasteiger partial charge in [-0.05, 0) is 54.1 Å². The Labute approximate surface area is 110 Å². The quantitative estimate of drug-likeness (QED) is 0.487.